The smallest absolute Gasteiger partial charge is 0.239 e. The second-order valence-corrected chi connectivity index (χ2v) is 5.24. The van der Waals surface area contributed by atoms with Crippen LogP contribution in [0.4, 0.5) is 0 Å². The van der Waals surface area contributed by atoms with Gasteiger partial charge in [-0.2, -0.15) is 0 Å². The largest absolute Gasteiger partial charge is 0.497 e. The van der Waals surface area contributed by atoms with E-state index >= 15 is 0 Å². The third-order valence-corrected chi connectivity index (χ3v) is 3.52. The summed E-state index contributed by atoms with van der Waals surface area (Å²) in [6, 6.07) is 5.49. The molecule has 0 aliphatic carbocycles. The third kappa shape index (κ3) is 6.88. The Bertz CT molecular complexity index is 578. The van der Waals surface area contributed by atoms with Gasteiger partial charge in [-0.3, -0.25) is 9.79 Å². The highest BCUT2D eigenvalue weighted by molar-refractivity contribution is 5.86. The number of nitrogens with zero attached hydrogens (tertiary/aromatic N) is 1. The maximum absolute atomic E-state index is 11.7. The van der Waals surface area contributed by atoms with E-state index in [1.165, 1.54) is 0 Å². The van der Waals surface area contributed by atoms with Crippen molar-refractivity contribution in [2.24, 2.45) is 4.99 Å². The van der Waals surface area contributed by atoms with Crippen molar-refractivity contribution in [3.8, 4) is 11.5 Å². The third-order valence-electron chi connectivity index (χ3n) is 3.52. The van der Waals surface area contributed by atoms with Gasteiger partial charge < -0.3 is 30.2 Å². The molecule has 140 valence electrons. The lowest BCUT2D eigenvalue weighted by Crippen LogP contribution is -2.44. The summed E-state index contributed by atoms with van der Waals surface area (Å²) in [6.07, 6.45) is 0. The zero-order valence-electron chi connectivity index (χ0n) is 15.5. The number of nitrogens with one attached hydrogen (secondary N) is 3. The van der Waals surface area contributed by atoms with Crippen molar-refractivity contribution in [2.45, 2.75) is 13.0 Å². The fourth-order valence-electron chi connectivity index (χ4n) is 2.17. The van der Waals surface area contributed by atoms with Gasteiger partial charge in [-0.05, 0) is 25.1 Å². The quantitative estimate of drug-likeness (QED) is 0.344. The first kappa shape index (κ1) is 20.6. The molecular formula is C17H28N4O4. The van der Waals surface area contributed by atoms with Crippen LogP contribution < -0.4 is 25.4 Å². The van der Waals surface area contributed by atoms with Crippen molar-refractivity contribution in [1.82, 2.24) is 16.0 Å². The number of guanidine groups is 1. The Kier molecular flexibility index (Phi) is 9.16. The molecule has 1 atom stereocenters. The van der Waals surface area contributed by atoms with Gasteiger partial charge in [0.2, 0.25) is 5.91 Å². The molecule has 0 spiro atoms. The fourth-order valence-corrected chi connectivity index (χ4v) is 2.17. The van der Waals surface area contributed by atoms with Gasteiger partial charge in [-0.1, -0.05) is 0 Å². The summed E-state index contributed by atoms with van der Waals surface area (Å²) in [5.41, 5.74) is 0.925. The normalized spacial score (nSPS) is 12.3. The van der Waals surface area contributed by atoms with E-state index in [2.05, 4.69) is 20.9 Å². The molecule has 1 unspecified atom stereocenters. The van der Waals surface area contributed by atoms with Crippen LogP contribution in [0.1, 0.15) is 18.5 Å². The van der Waals surface area contributed by atoms with E-state index in [4.69, 9.17) is 14.2 Å². The Hall–Kier alpha value is -2.48. The Morgan fingerprint density at radius 3 is 2.56 bits per heavy atom. The average Bonchev–Trinajstić information content (AvgIpc) is 2.64. The first-order valence-corrected chi connectivity index (χ1v) is 8.00. The van der Waals surface area contributed by atoms with E-state index in [1.807, 2.05) is 25.1 Å². The van der Waals surface area contributed by atoms with Crippen molar-refractivity contribution in [3.63, 3.8) is 0 Å². The Morgan fingerprint density at radius 2 is 1.96 bits per heavy atom. The molecule has 0 saturated carbocycles. The number of ether oxygens (including phenoxy) is 3. The second-order valence-electron chi connectivity index (χ2n) is 5.24. The molecule has 8 nitrogen and oxygen atoms in total. The number of aliphatic imine (C=N–C) groups is 1. The van der Waals surface area contributed by atoms with Gasteiger partial charge >= 0.3 is 0 Å². The summed E-state index contributed by atoms with van der Waals surface area (Å²) in [5, 5.41) is 8.94. The lowest BCUT2D eigenvalue weighted by atomic mass is 10.1. The molecule has 25 heavy (non-hydrogen) atoms. The van der Waals surface area contributed by atoms with Crippen molar-refractivity contribution in [2.75, 3.05) is 48.1 Å². The van der Waals surface area contributed by atoms with Crippen molar-refractivity contribution < 1.29 is 19.0 Å². The lowest BCUT2D eigenvalue weighted by Gasteiger charge is -2.20. The molecule has 0 aliphatic heterocycles. The molecule has 1 aromatic carbocycles. The molecule has 0 fully saturated rings. The van der Waals surface area contributed by atoms with E-state index in [-0.39, 0.29) is 18.5 Å². The molecule has 0 radical (unpaired) electrons. The van der Waals surface area contributed by atoms with Gasteiger partial charge in [-0.15, -0.1) is 0 Å². The van der Waals surface area contributed by atoms with Crippen molar-refractivity contribution in [1.29, 1.82) is 0 Å². The number of benzene rings is 1. The molecule has 0 aromatic heterocycles. The number of hydrogen-bond donors (Lipinski definition) is 3. The predicted octanol–water partition coefficient (Wildman–Crippen LogP) is 0.692. The minimum absolute atomic E-state index is 0.104. The molecule has 0 saturated heterocycles. The molecule has 3 N–H and O–H groups in total. The van der Waals surface area contributed by atoms with Crippen LogP contribution in [0.3, 0.4) is 0 Å². The van der Waals surface area contributed by atoms with Gasteiger partial charge in [0.1, 0.15) is 11.5 Å². The van der Waals surface area contributed by atoms with E-state index in [0.29, 0.717) is 19.1 Å². The maximum Gasteiger partial charge on any atom is 0.239 e. The predicted molar refractivity (Wildman–Crippen MR) is 97.3 cm³/mol. The zero-order chi connectivity index (χ0) is 18.7. The minimum atomic E-state index is -0.133. The van der Waals surface area contributed by atoms with Crippen molar-refractivity contribution >= 4 is 11.9 Å². The number of carbonyl (C=O) groups is 1. The summed E-state index contributed by atoms with van der Waals surface area (Å²) in [7, 11) is 6.47. The molecule has 8 heteroatoms. The maximum atomic E-state index is 11.7. The van der Waals surface area contributed by atoms with Crippen LogP contribution in [-0.4, -0.2) is 59.9 Å². The number of amides is 1. The highest BCUT2D eigenvalue weighted by Gasteiger charge is 2.14. The zero-order valence-corrected chi connectivity index (χ0v) is 15.5. The summed E-state index contributed by atoms with van der Waals surface area (Å²) in [4.78, 5) is 15.9. The number of hydrogen-bond acceptors (Lipinski definition) is 5. The minimum Gasteiger partial charge on any atom is -0.497 e. The Morgan fingerprint density at radius 1 is 1.20 bits per heavy atom. The average molecular weight is 352 g/mol. The molecular weight excluding hydrogens is 324 g/mol. The van der Waals surface area contributed by atoms with Crippen molar-refractivity contribution in [3.05, 3.63) is 23.8 Å². The second kappa shape index (κ2) is 11.1. The van der Waals surface area contributed by atoms with E-state index in [9.17, 15) is 4.79 Å². The first-order chi connectivity index (χ1) is 12.0. The molecule has 0 heterocycles. The van der Waals surface area contributed by atoms with Gasteiger partial charge in [0.25, 0.3) is 0 Å². The fraction of sp³-hybridized carbons (Fsp3) is 0.529. The van der Waals surface area contributed by atoms with Gasteiger partial charge in [0, 0.05) is 26.3 Å². The van der Waals surface area contributed by atoms with E-state index in [1.54, 1.807) is 28.4 Å². The summed E-state index contributed by atoms with van der Waals surface area (Å²) >= 11 is 0. The van der Waals surface area contributed by atoms with Crippen LogP contribution in [0.5, 0.6) is 11.5 Å². The lowest BCUT2D eigenvalue weighted by molar-refractivity contribution is -0.120. The van der Waals surface area contributed by atoms with Gasteiger partial charge in [0.05, 0.1) is 33.4 Å². The topological polar surface area (TPSA) is 93.2 Å². The van der Waals surface area contributed by atoms with Crippen LogP contribution in [0, 0.1) is 0 Å². The Labute approximate surface area is 148 Å². The first-order valence-electron chi connectivity index (χ1n) is 8.00. The molecule has 1 rings (SSSR count). The SMILES string of the molecule is CN=C(NCC(=O)NCCOC)NC(C)c1cc(OC)ccc1OC. The highest BCUT2D eigenvalue weighted by Crippen LogP contribution is 2.29. The van der Waals surface area contributed by atoms with Crippen LogP contribution in [0.2, 0.25) is 0 Å². The molecule has 1 amide bonds. The summed E-state index contributed by atoms with van der Waals surface area (Å²) < 4.78 is 15.6. The van der Waals surface area contributed by atoms with Gasteiger partial charge in [0.15, 0.2) is 5.96 Å². The number of rotatable bonds is 9. The van der Waals surface area contributed by atoms with Crippen LogP contribution >= 0.6 is 0 Å². The van der Waals surface area contributed by atoms with E-state index in [0.717, 1.165) is 17.1 Å². The van der Waals surface area contributed by atoms with E-state index < -0.39 is 0 Å². The van der Waals surface area contributed by atoms with Gasteiger partial charge in [-0.25, -0.2) is 0 Å². The number of carbonyl (C=O) groups excluding carboxylic acids is 1. The summed E-state index contributed by atoms with van der Waals surface area (Å²) in [5.74, 6) is 1.87. The monoisotopic (exact) mass is 352 g/mol. The number of methoxy groups -OCH3 is 3. The molecule has 1 aromatic rings. The van der Waals surface area contributed by atoms with Crippen LogP contribution in [-0.2, 0) is 9.53 Å². The Balaban J connectivity index is 2.64. The van der Waals surface area contributed by atoms with Crippen LogP contribution in [0.25, 0.3) is 0 Å². The van der Waals surface area contributed by atoms with Crippen LogP contribution in [0.15, 0.2) is 23.2 Å². The molecule has 0 bridgehead atoms. The highest BCUT2D eigenvalue weighted by atomic mass is 16.5. The summed E-state index contributed by atoms with van der Waals surface area (Å²) in [6.45, 7) is 3.04. The molecule has 0 aliphatic rings. The standard InChI is InChI=1S/C17H28N4O4/c1-12(14-10-13(24-4)6-7-15(14)25-5)21-17(18-2)20-11-16(22)19-8-9-23-3/h6-7,10,12H,8-9,11H2,1-5H3,(H,19,22)(H2,18,20,21).